The second kappa shape index (κ2) is 2.01. The largest absolute Gasteiger partial charge is 0.506 e. The molecular weight excluding hydrogens is 116 g/mol. The van der Waals surface area contributed by atoms with Crippen LogP contribution in [0.15, 0.2) is 6.20 Å². The molecule has 1 aromatic heterocycles. The smallest absolute Gasteiger partial charge is 0.143 e. The van der Waals surface area contributed by atoms with Crippen molar-refractivity contribution in [3.63, 3.8) is 0 Å². The summed E-state index contributed by atoms with van der Waals surface area (Å²) in [7, 11) is 0. The molecule has 0 fully saturated rings. The summed E-state index contributed by atoms with van der Waals surface area (Å²) in [6, 6.07) is 0. The van der Waals surface area contributed by atoms with Crippen molar-refractivity contribution >= 4 is 0 Å². The first-order valence-electron chi connectivity index (χ1n) is 2.69. The maximum absolute atomic E-state index is 9.10. The van der Waals surface area contributed by atoms with Crippen molar-refractivity contribution in [2.24, 2.45) is 0 Å². The van der Waals surface area contributed by atoms with Crippen LogP contribution in [0.3, 0.4) is 0 Å². The molecule has 1 aromatic rings. The zero-order valence-corrected chi connectivity index (χ0v) is 5.42. The Bertz CT molecular complexity index is 202. The van der Waals surface area contributed by atoms with Crippen LogP contribution in [-0.2, 0) is 0 Å². The lowest BCUT2D eigenvalue weighted by atomic mass is 10.3. The first-order valence-corrected chi connectivity index (χ1v) is 2.69. The number of aromatic hydroxyl groups is 1. The van der Waals surface area contributed by atoms with Gasteiger partial charge in [-0.1, -0.05) is 0 Å². The van der Waals surface area contributed by atoms with E-state index in [1.165, 1.54) is 6.20 Å². The molecule has 0 amide bonds. The lowest BCUT2D eigenvalue weighted by molar-refractivity contribution is 0.460. The van der Waals surface area contributed by atoms with Crippen molar-refractivity contribution in [2.45, 2.75) is 13.8 Å². The highest BCUT2D eigenvalue weighted by molar-refractivity contribution is 5.30. The monoisotopic (exact) mass is 124 g/mol. The Kier molecular flexibility index (Phi) is 1.34. The van der Waals surface area contributed by atoms with Crippen molar-refractivity contribution in [1.82, 2.24) is 10.2 Å². The number of nitrogens with zero attached hydrogens (tertiary/aromatic N) is 2. The van der Waals surface area contributed by atoms with E-state index in [0.29, 0.717) is 5.69 Å². The predicted octanol–water partition coefficient (Wildman–Crippen LogP) is 0.799. The van der Waals surface area contributed by atoms with Gasteiger partial charge in [-0.25, -0.2) is 0 Å². The summed E-state index contributed by atoms with van der Waals surface area (Å²) >= 11 is 0. The van der Waals surface area contributed by atoms with Crippen LogP contribution in [-0.4, -0.2) is 15.3 Å². The number of hydrogen-bond donors (Lipinski definition) is 1. The van der Waals surface area contributed by atoms with E-state index < -0.39 is 0 Å². The minimum Gasteiger partial charge on any atom is -0.506 e. The first-order chi connectivity index (χ1) is 4.22. The highest BCUT2D eigenvalue weighted by atomic mass is 16.3. The Morgan fingerprint density at radius 2 is 2.11 bits per heavy atom. The molecule has 1 heterocycles. The topological polar surface area (TPSA) is 46.0 Å². The fourth-order valence-corrected chi connectivity index (χ4v) is 0.596. The van der Waals surface area contributed by atoms with Crippen LogP contribution in [0, 0.1) is 13.8 Å². The lowest BCUT2D eigenvalue weighted by Crippen LogP contribution is -1.87. The molecule has 0 aliphatic rings. The fourth-order valence-electron chi connectivity index (χ4n) is 0.596. The Morgan fingerprint density at radius 3 is 2.56 bits per heavy atom. The third-order valence-corrected chi connectivity index (χ3v) is 1.18. The van der Waals surface area contributed by atoms with Crippen molar-refractivity contribution < 1.29 is 5.11 Å². The van der Waals surface area contributed by atoms with Gasteiger partial charge in [0, 0.05) is 5.56 Å². The van der Waals surface area contributed by atoms with Crippen LogP contribution in [0.2, 0.25) is 0 Å². The molecule has 0 bridgehead atoms. The van der Waals surface area contributed by atoms with Gasteiger partial charge in [0.25, 0.3) is 0 Å². The predicted molar refractivity (Wildman–Crippen MR) is 33.2 cm³/mol. The molecule has 0 spiro atoms. The molecule has 0 aromatic carbocycles. The molecular formula is C6H8N2O. The van der Waals surface area contributed by atoms with Gasteiger partial charge in [-0.05, 0) is 13.8 Å². The third-order valence-electron chi connectivity index (χ3n) is 1.18. The second-order valence-electron chi connectivity index (χ2n) is 1.96. The Labute approximate surface area is 53.4 Å². The Morgan fingerprint density at radius 1 is 1.44 bits per heavy atom. The van der Waals surface area contributed by atoms with Crippen LogP contribution in [0.25, 0.3) is 0 Å². The normalized spacial score (nSPS) is 9.56. The minimum absolute atomic E-state index is 0.241. The summed E-state index contributed by atoms with van der Waals surface area (Å²) in [5.74, 6) is 0.241. The molecule has 1 N–H and O–H groups in total. The standard InChI is InChI=1S/C6H8N2O/c1-4-3-7-8-5(2)6(4)9/h3H,1-2H3,(H,7,9). The number of hydrogen-bond acceptors (Lipinski definition) is 3. The van der Waals surface area contributed by atoms with E-state index in [2.05, 4.69) is 10.2 Å². The number of rotatable bonds is 0. The molecule has 0 saturated heterocycles. The summed E-state index contributed by atoms with van der Waals surface area (Å²) in [5, 5.41) is 16.4. The van der Waals surface area contributed by atoms with E-state index in [1.807, 2.05) is 0 Å². The van der Waals surface area contributed by atoms with E-state index >= 15 is 0 Å². The summed E-state index contributed by atoms with van der Waals surface area (Å²) < 4.78 is 0. The number of aryl methyl sites for hydroxylation is 2. The van der Waals surface area contributed by atoms with E-state index in [-0.39, 0.29) is 5.75 Å². The zero-order valence-electron chi connectivity index (χ0n) is 5.42. The average molecular weight is 124 g/mol. The summed E-state index contributed by atoms with van der Waals surface area (Å²) in [6.07, 6.45) is 1.53. The van der Waals surface area contributed by atoms with Crippen LogP contribution in [0.5, 0.6) is 5.75 Å². The van der Waals surface area contributed by atoms with E-state index in [0.717, 1.165) is 5.56 Å². The zero-order chi connectivity index (χ0) is 6.85. The lowest BCUT2D eigenvalue weighted by Gasteiger charge is -1.96. The minimum atomic E-state index is 0.241. The molecule has 1 rings (SSSR count). The first kappa shape index (κ1) is 6.01. The summed E-state index contributed by atoms with van der Waals surface area (Å²) in [5.41, 5.74) is 1.34. The quantitative estimate of drug-likeness (QED) is 0.556. The van der Waals surface area contributed by atoms with Crippen molar-refractivity contribution in [1.29, 1.82) is 0 Å². The van der Waals surface area contributed by atoms with Crippen LogP contribution in [0.4, 0.5) is 0 Å². The molecule has 0 saturated carbocycles. The van der Waals surface area contributed by atoms with Gasteiger partial charge in [-0.3, -0.25) is 0 Å². The van der Waals surface area contributed by atoms with Crippen molar-refractivity contribution in [3.05, 3.63) is 17.5 Å². The number of aromatic nitrogens is 2. The average Bonchev–Trinajstić information content (AvgIpc) is 1.83. The Hall–Kier alpha value is -1.12. The van der Waals surface area contributed by atoms with Gasteiger partial charge in [0.15, 0.2) is 0 Å². The Balaban J connectivity index is 3.25. The maximum Gasteiger partial charge on any atom is 0.143 e. The molecule has 3 heteroatoms. The van der Waals surface area contributed by atoms with E-state index in [1.54, 1.807) is 13.8 Å². The van der Waals surface area contributed by atoms with Crippen LogP contribution < -0.4 is 0 Å². The molecule has 48 valence electrons. The summed E-state index contributed by atoms with van der Waals surface area (Å²) in [4.78, 5) is 0. The molecule has 0 aliphatic heterocycles. The van der Waals surface area contributed by atoms with Crippen LogP contribution in [0.1, 0.15) is 11.3 Å². The third kappa shape index (κ3) is 0.988. The van der Waals surface area contributed by atoms with Gasteiger partial charge < -0.3 is 5.11 Å². The second-order valence-corrected chi connectivity index (χ2v) is 1.96. The van der Waals surface area contributed by atoms with E-state index in [4.69, 9.17) is 5.11 Å². The van der Waals surface area contributed by atoms with Gasteiger partial charge in [-0.15, -0.1) is 0 Å². The van der Waals surface area contributed by atoms with Crippen molar-refractivity contribution in [3.8, 4) is 5.75 Å². The van der Waals surface area contributed by atoms with Gasteiger partial charge >= 0.3 is 0 Å². The van der Waals surface area contributed by atoms with Gasteiger partial charge in [-0.2, -0.15) is 10.2 Å². The van der Waals surface area contributed by atoms with Crippen LogP contribution >= 0.6 is 0 Å². The maximum atomic E-state index is 9.10. The van der Waals surface area contributed by atoms with Gasteiger partial charge in [0.1, 0.15) is 11.4 Å². The molecule has 0 unspecified atom stereocenters. The van der Waals surface area contributed by atoms with Gasteiger partial charge in [0.05, 0.1) is 6.20 Å². The molecule has 0 radical (unpaired) electrons. The van der Waals surface area contributed by atoms with Crippen molar-refractivity contribution in [2.75, 3.05) is 0 Å². The fraction of sp³-hybridized carbons (Fsp3) is 0.333. The summed E-state index contributed by atoms with van der Waals surface area (Å²) in [6.45, 7) is 3.51. The molecule has 9 heavy (non-hydrogen) atoms. The highest BCUT2D eigenvalue weighted by Gasteiger charge is 1.98. The molecule has 3 nitrogen and oxygen atoms in total. The molecule has 0 aliphatic carbocycles. The van der Waals surface area contributed by atoms with Gasteiger partial charge in [0.2, 0.25) is 0 Å². The highest BCUT2D eigenvalue weighted by Crippen LogP contribution is 2.15. The molecule has 0 atom stereocenters. The SMILES string of the molecule is Cc1cnnc(C)c1O. The van der Waals surface area contributed by atoms with E-state index in [9.17, 15) is 0 Å².